The standard InChI is InChI=1S/C8H9ClO2/c1-8(2)5(3-4-9)6(8)7(10)11/h5-6H,1-2H3,(H,10,11)/t5-,6-/m0/s1. The van der Waals surface area contributed by atoms with Crippen molar-refractivity contribution in [3.63, 3.8) is 0 Å². The zero-order chi connectivity index (χ0) is 8.65. The van der Waals surface area contributed by atoms with Crippen LogP contribution in [-0.2, 0) is 4.79 Å². The van der Waals surface area contributed by atoms with Gasteiger partial charge in [-0.3, -0.25) is 4.79 Å². The first-order valence-corrected chi connectivity index (χ1v) is 3.73. The van der Waals surface area contributed by atoms with Gasteiger partial charge in [0, 0.05) is 11.3 Å². The van der Waals surface area contributed by atoms with Crippen molar-refractivity contribution < 1.29 is 9.90 Å². The third kappa shape index (κ3) is 1.21. The normalized spacial score (nSPS) is 31.9. The van der Waals surface area contributed by atoms with Gasteiger partial charge in [0.2, 0.25) is 0 Å². The SMILES string of the molecule is CC1(C)[C@H](C(=O)O)[C@@H]1C#CCl. The summed E-state index contributed by atoms with van der Waals surface area (Å²) in [4.78, 5) is 10.6. The van der Waals surface area contributed by atoms with E-state index in [0.29, 0.717) is 0 Å². The van der Waals surface area contributed by atoms with Gasteiger partial charge in [0.25, 0.3) is 0 Å². The van der Waals surface area contributed by atoms with Gasteiger partial charge in [0.1, 0.15) is 0 Å². The van der Waals surface area contributed by atoms with E-state index in [1.54, 1.807) is 0 Å². The van der Waals surface area contributed by atoms with Gasteiger partial charge in [-0.25, -0.2) is 0 Å². The Balaban J connectivity index is 2.73. The van der Waals surface area contributed by atoms with Crippen LogP contribution in [0.5, 0.6) is 0 Å². The van der Waals surface area contributed by atoms with E-state index in [1.165, 1.54) is 0 Å². The maximum Gasteiger partial charge on any atom is 0.308 e. The molecule has 1 aliphatic carbocycles. The van der Waals surface area contributed by atoms with Crippen LogP contribution in [0.2, 0.25) is 0 Å². The fourth-order valence-corrected chi connectivity index (χ4v) is 1.54. The van der Waals surface area contributed by atoms with Crippen LogP contribution in [0.1, 0.15) is 13.8 Å². The van der Waals surface area contributed by atoms with E-state index >= 15 is 0 Å². The molecule has 0 aromatic carbocycles. The van der Waals surface area contributed by atoms with Crippen molar-refractivity contribution in [3.05, 3.63) is 0 Å². The first kappa shape index (κ1) is 8.42. The van der Waals surface area contributed by atoms with E-state index in [4.69, 9.17) is 16.7 Å². The second-order valence-corrected chi connectivity index (χ2v) is 3.54. The average molecular weight is 173 g/mol. The molecule has 11 heavy (non-hydrogen) atoms. The maximum absolute atomic E-state index is 10.6. The fraction of sp³-hybridized carbons (Fsp3) is 0.625. The highest BCUT2D eigenvalue weighted by atomic mass is 35.5. The highest BCUT2D eigenvalue weighted by molar-refractivity contribution is 6.30. The summed E-state index contributed by atoms with van der Waals surface area (Å²) in [6.45, 7) is 3.77. The molecule has 2 nitrogen and oxygen atoms in total. The second kappa shape index (κ2) is 2.42. The molecule has 0 saturated heterocycles. The van der Waals surface area contributed by atoms with E-state index in [1.807, 2.05) is 13.8 Å². The molecule has 0 radical (unpaired) electrons. The van der Waals surface area contributed by atoms with E-state index in [-0.39, 0.29) is 17.3 Å². The molecule has 0 spiro atoms. The number of rotatable bonds is 1. The second-order valence-electron chi connectivity index (χ2n) is 3.35. The smallest absolute Gasteiger partial charge is 0.308 e. The average Bonchev–Trinajstić information content (AvgIpc) is 2.35. The molecule has 1 saturated carbocycles. The van der Waals surface area contributed by atoms with Gasteiger partial charge in [-0.1, -0.05) is 19.8 Å². The molecule has 0 unspecified atom stereocenters. The van der Waals surface area contributed by atoms with Gasteiger partial charge in [0.15, 0.2) is 0 Å². The van der Waals surface area contributed by atoms with Crippen molar-refractivity contribution in [3.8, 4) is 11.3 Å². The minimum Gasteiger partial charge on any atom is -0.481 e. The van der Waals surface area contributed by atoms with Crippen LogP contribution in [0.25, 0.3) is 0 Å². The monoisotopic (exact) mass is 172 g/mol. The molecule has 1 aliphatic rings. The number of hydrogen-bond donors (Lipinski definition) is 1. The van der Waals surface area contributed by atoms with Crippen LogP contribution < -0.4 is 0 Å². The summed E-state index contributed by atoms with van der Waals surface area (Å²) in [5.74, 6) is 1.49. The van der Waals surface area contributed by atoms with Crippen molar-refractivity contribution >= 4 is 17.6 Å². The molecule has 1 N–H and O–H groups in total. The first-order chi connectivity index (χ1) is 5.01. The summed E-state index contributed by atoms with van der Waals surface area (Å²) >= 11 is 5.18. The summed E-state index contributed by atoms with van der Waals surface area (Å²) < 4.78 is 0. The Labute approximate surface area is 70.5 Å². The molecular weight excluding hydrogens is 164 g/mol. The van der Waals surface area contributed by atoms with Crippen molar-refractivity contribution in [1.29, 1.82) is 0 Å². The summed E-state index contributed by atoms with van der Waals surface area (Å²) in [5, 5.41) is 10.9. The van der Waals surface area contributed by atoms with Crippen molar-refractivity contribution in [1.82, 2.24) is 0 Å². The molecule has 2 atom stereocenters. The minimum atomic E-state index is -0.778. The highest BCUT2D eigenvalue weighted by Gasteiger charge is 2.61. The highest BCUT2D eigenvalue weighted by Crippen LogP contribution is 2.57. The molecule has 0 heterocycles. The molecule has 1 fully saturated rings. The molecule has 0 aliphatic heterocycles. The lowest BCUT2D eigenvalue weighted by atomic mass is 10.1. The summed E-state index contributed by atoms with van der Waals surface area (Å²) in [6.07, 6.45) is 0. The molecule has 0 amide bonds. The lowest BCUT2D eigenvalue weighted by molar-refractivity contribution is -0.139. The van der Waals surface area contributed by atoms with E-state index in [0.717, 1.165) is 0 Å². The van der Waals surface area contributed by atoms with Gasteiger partial charge < -0.3 is 5.11 Å². The predicted octanol–water partition coefficient (Wildman–Crippen LogP) is 1.54. The number of carboxylic acid groups (broad SMARTS) is 1. The van der Waals surface area contributed by atoms with Crippen LogP contribution in [0.15, 0.2) is 0 Å². The summed E-state index contributed by atoms with van der Waals surface area (Å²) in [6, 6.07) is 0. The van der Waals surface area contributed by atoms with Crippen LogP contribution in [-0.4, -0.2) is 11.1 Å². The molecule has 0 aromatic heterocycles. The zero-order valence-electron chi connectivity index (χ0n) is 6.39. The zero-order valence-corrected chi connectivity index (χ0v) is 7.14. The third-order valence-electron chi connectivity index (χ3n) is 2.30. The minimum absolute atomic E-state index is 0.0718. The summed E-state index contributed by atoms with van der Waals surface area (Å²) in [7, 11) is 0. The Hall–Kier alpha value is -0.680. The molecule has 3 heteroatoms. The van der Waals surface area contributed by atoms with Gasteiger partial charge in [0.05, 0.1) is 5.92 Å². The molecule has 1 rings (SSSR count). The van der Waals surface area contributed by atoms with Crippen LogP contribution in [0.4, 0.5) is 0 Å². The van der Waals surface area contributed by atoms with Crippen LogP contribution in [0.3, 0.4) is 0 Å². The molecule has 0 bridgehead atoms. The van der Waals surface area contributed by atoms with Crippen LogP contribution >= 0.6 is 11.6 Å². The first-order valence-electron chi connectivity index (χ1n) is 3.35. The summed E-state index contributed by atoms with van der Waals surface area (Å²) in [5.41, 5.74) is -0.201. The Morgan fingerprint density at radius 1 is 1.64 bits per heavy atom. The predicted molar refractivity (Wildman–Crippen MR) is 42.0 cm³/mol. The largest absolute Gasteiger partial charge is 0.481 e. The van der Waals surface area contributed by atoms with Crippen molar-refractivity contribution in [2.45, 2.75) is 13.8 Å². The lowest BCUT2D eigenvalue weighted by Gasteiger charge is -1.94. The quantitative estimate of drug-likeness (QED) is 0.610. The number of halogens is 1. The number of hydrogen-bond acceptors (Lipinski definition) is 1. The van der Waals surface area contributed by atoms with Crippen molar-refractivity contribution in [2.75, 3.05) is 0 Å². The van der Waals surface area contributed by atoms with Crippen molar-refractivity contribution in [2.24, 2.45) is 17.3 Å². The molecule has 0 aromatic rings. The van der Waals surface area contributed by atoms with Gasteiger partial charge in [-0.2, -0.15) is 0 Å². The van der Waals surface area contributed by atoms with E-state index in [2.05, 4.69) is 11.3 Å². The lowest BCUT2D eigenvalue weighted by Crippen LogP contribution is -2.02. The maximum atomic E-state index is 10.6. The Bertz CT molecular complexity index is 247. The van der Waals surface area contributed by atoms with Gasteiger partial charge >= 0.3 is 5.97 Å². The number of carbonyl (C=O) groups is 1. The molecule has 60 valence electrons. The topological polar surface area (TPSA) is 37.3 Å². The van der Waals surface area contributed by atoms with Gasteiger partial charge in [-0.15, -0.1) is 0 Å². The van der Waals surface area contributed by atoms with Crippen LogP contribution in [0, 0.1) is 28.6 Å². The Morgan fingerprint density at radius 3 is 2.45 bits per heavy atom. The fourth-order valence-electron chi connectivity index (χ4n) is 1.43. The van der Waals surface area contributed by atoms with E-state index < -0.39 is 5.97 Å². The number of aliphatic carboxylic acids is 1. The Morgan fingerprint density at radius 2 is 2.18 bits per heavy atom. The Kier molecular flexibility index (Phi) is 1.85. The van der Waals surface area contributed by atoms with Gasteiger partial charge in [-0.05, 0) is 17.0 Å². The third-order valence-corrected chi connectivity index (χ3v) is 2.41. The van der Waals surface area contributed by atoms with E-state index in [9.17, 15) is 4.79 Å². The molecular formula is C8H9ClO2. The number of carboxylic acids is 1.